The molecule has 1 aromatic heterocycles. The first-order chi connectivity index (χ1) is 25.4. The third kappa shape index (κ3) is 7.52. The second-order valence-corrected chi connectivity index (χ2v) is 14.7. The summed E-state index contributed by atoms with van der Waals surface area (Å²) in [6.07, 6.45) is 0.707. The summed E-state index contributed by atoms with van der Waals surface area (Å²) >= 11 is 6.78. The van der Waals surface area contributed by atoms with Crippen LogP contribution in [0.1, 0.15) is 86.5 Å². The number of fused-ring (bicyclic) bond motifs is 1. The number of rotatable bonds is 12. The number of methoxy groups -OCH3 is 2. The molecule has 2 fully saturated rings. The van der Waals surface area contributed by atoms with Crippen molar-refractivity contribution in [2.24, 2.45) is 24.3 Å². The van der Waals surface area contributed by atoms with E-state index in [0.717, 1.165) is 23.1 Å². The van der Waals surface area contributed by atoms with Gasteiger partial charge in [0, 0.05) is 54.8 Å². The molecule has 53 heavy (non-hydrogen) atoms. The minimum Gasteiger partial charge on any atom is -0.497 e. The minimum absolute atomic E-state index is 0.0150. The van der Waals surface area contributed by atoms with E-state index in [-0.39, 0.29) is 48.9 Å². The molecule has 15 heteroatoms. The van der Waals surface area contributed by atoms with Crippen LogP contribution in [0.15, 0.2) is 30.3 Å². The smallest absolute Gasteiger partial charge is 0.312 e. The van der Waals surface area contributed by atoms with Crippen LogP contribution in [-0.4, -0.2) is 76.4 Å². The molecule has 0 spiro atoms. The van der Waals surface area contributed by atoms with E-state index in [4.69, 9.17) is 30.5 Å². The summed E-state index contributed by atoms with van der Waals surface area (Å²) in [5.74, 6) is -0.116. The fraction of sp³-hybridized carbons (Fsp3) is 0.553. The Morgan fingerprint density at radius 3 is 2.55 bits per heavy atom. The molecule has 6 rings (SSSR count). The average Bonchev–Trinajstić information content (AvgIpc) is 3.69. The lowest BCUT2D eigenvalue weighted by Crippen LogP contribution is -2.53. The van der Waals surface area contributed by atoms with Crippen molar-refractivity contribution in [3.8, 4) is 17.2 Å². The SMILES string of the molecule is COc1ccc(COC(=O)[C@@]2(C)CCCC[C@H]2C(=O)N2CCc3c(Cl)ccc(OCc4nnn(C)c4C(F)F)c3[C@H]2CN2CC[C@@H](C)C2=O)c(OC)c1. The van der Waals surface area contributed by atoms with E-state index in [1.54, 1.807) is 54.2 Å². The zero-order valence-corrected chi connectivity index (χ0v) is 31.5. The molecule has 1 saturated heterocycles. The number of likely N-dealkylation sites (tertiary alicyclic amines) is 1. The lowest BCUT2D eigenvalue weighted by Gasteiger charge is -2.45. The lowest BCUT2D eigenvalue weighted by molar-refractivity contribution is -0.169. The van der Waals surface area contributed by atoms with E-state index in [0.29, 0.717) is 72.2 Å². The standard InChI is InChI=1S/C38H46ClF2N5O7/c1-22-13-16-45(35(22)47)19-29-32-25(27(39)11-12-30(32)52-21-28-33(34(40)41)44(3)43-42-28)14-17-46(29)36(48)26-8-6-7-15-38(26,2)37(49)53-20-23-9-10-24(50-4)18-31(23)51-5/h9-12,18,22,26,29,34H,6-8,13-17,19-21H2,1-5H3/t22-,26+,29-,38+/m1/s1. The van der Waals surface area contributed by atoms with E-state index in [1.807, 2.05) is 6.92 Å². The molecule has 12 nitrogen and oxygen atoms in total. The predicted molar refractivity (Wildman–Crippen MR) is 190 cm³/mol. The van der Waals surface area contributed by atoms with Gasteiger partial charge in [-0.2, -0.15) is 0 Å². The molecular formula is C38H46ClF2N5O7. The van der Waals surface area contributed by atoms with Crippen LogP contribution in [0.25, 0.3) is 0 Å². The van der Waals surface area contributed by atoms with Gasteiger partial charge in [-0.1, -0.05) is 36.6 Å². The Morgan fingerprint density at radius 1 is 1.06 bits per heavy atom. The number of amides is 2. The van der Waals surface area contributed by atoms with Gasteiger partial charge in [0.15, 0.2) is 0 Å². The summed E-state index contributed by atoms with van der Waals surface area (Å²) < 4.78 is 51.7. The molecule has 0 N–H and O–H groups in total. The molecule has 0 bridgehead atoms. The highest BCUT2D eigenvalue weighted by Crippen LogP contribution is 2.47. The van der Waals surface area contributed by atoms with Crippen molar-refractivity contribution < 1.29 is 42.1 Å². The van der Waals surface area contributed by atoms with Crippen LogP contribution in [0, 0.1) is 17.3 Å². The highest BCUT2D eigenvalue weighted by atomic mass is 35.5. The summed E-state index contributed by atoms with van der Waals surface area (Å²) in [6, 6.07) is 7.91. The van der Waals surface area contributed by atoms with Crippen molar-refractivity contribution in [1.29, 1.82) is 0 Å². The van der Waals surface area contributed by atoms with Crippen molar-refractivity contribution in [3.63, 3.8) is 0 Å². The Balaban J connectivity index is 1.31. The normalized spacial score (nSPS) is 22.9. The van der Waals surface area contributed by atoms with Crippen molar-refractivity contribution in [2.75, 3.05) is 33.9 Å². The average molecular weight is 758 g/mol. The number of aryl methyl sites for hydroxylation is 1. The van der Waals surface area contributed by atoms with Gasteiger partial charge in [0.2, 0.25) is 11.8 Å². The molecule has 1 saturated carbocycles. The number of alkyl halides is 2. The maximum absolute atomic E-state index is 15.0. The van der Waals surface area contributed by atoms with E-state index in [9.17, 15) is 23.2 Å². The van der Waals surface area contributed by atoms with Gasteiger partial charge >= 0.3 is 5.97 Å². The summed E-state index contributed by atoms with van der Waals surface area (Å²) in [5.41, 5.74) is 0.533. The van der Waals surface area contributed by atoms with Crippen molar-refractivity contribution in [2.45, 2.75) is 78.1 Å². The molecule has 3 aliphatic rings. The molecule has 2 aromatic carbocycles. The molecule has 2 amide bonds. The largest absolute Gasteiger partial charge is 0.497 e. The maximum atomic E-state index is 15.0. The van der Waals surface area contributed by atoms with Crippen molar-refractivity contribution in [1.82, 2.24) is 24.8 Å². The van der Waals surface area contributed by atoms with Crippen LogP contribution in [0.4, 0.5) is 8.78 Å². The Labute approximate surface area is 312 Å². The van der Waals surface area contributed by atoms with Gasteiger partial charge in [-0.15, -0.1) is 5.10 Å². The van der Waals surface area contributed by atoms with Crippen LogP contribution in [0.2, 0.25) is 5.02 Å². The number of halogens is 3. The van der Waals surface area contributed by atoms with Crippen LogP contribution >= 0.6 is 11.6 Å². The third-order valence-electron chi connectivity index (χ3n) is 11.2. The third-order valence-corrected chi connectivity index (χ3v) is 11.5. The Morgan fingerprint density at radius 2 is 1.85 bits per heavy atom. The number of ether oxygens (including phenoxy) is 4. The second kappa shape index (κ2) is 15.9. The number of nitrogens with zero attached hydrogens (tertiary/aromatic N) is 5. The van der Waals surface area contributed by atoms with Gasteiger partial charge in [-0.25, -0.2) is 13.5 Å². The van der Waals surface area contributed by atoms with Crippen LogP contribution < -0.4 is 14.2 Å². The molecular weight excluding hydrogens is 712 g/mol. The van der Waals surface area contributed by atoms with E-state index in [2.05, 4.69) is 10.3 Å². The first kappa shape index (κ1) is 38.3. The Bertz CT molecular complexity index is 1860. The van der Waals surface area contributed by atoms with Gasteiger partial charge < -0.3 is 28.7 Å². The summed E-state index contributed by atoms with van der Waals surface area (Å²) in [4.78, 5) is 45.8. The fourth-order valence-corrected chi connectivity index (χ4v) is 8.28. The molecule has 1 aliphatic carbocycles. The number of aromatic nitrogens is 3. The first-order valence-corrected chi connectivity index (χ1v) is 18.3. The van der Waals surface area contributed by atoms with Crippen LogP contribution in [-0.2, 0) is 45.8 Å². The molecule has 3 aromatic rings. The summed E-state index contributed by atoms with van der Waals surface area (Å²) in [6.45, 7) is 4.33. The highest BCUT2D eigenvalue weighted by Gasteiger charge is 2.51. The van der Waals surface area contributed by atoms with E-state index < -0.39 is 29.8 Å². The predicted octanol–water partition coefficient (Wildman–Crippen LogP) is 6.24. The number of carbonyl (C=O) groups excluding carboxylic acids is 3. The van der Waals surface area contributed by atoms with Crippen molar-refractivity contribution in [3.05, 3.63) is 63.4 Å². The van der Waals surface area contributed by atoms with E-state index in [1.165, 1.54) is 14.2 Å². The highest BCUT2D eigenvalue weighted by molar-refractivity contribution is 6.31. The second-order valence-electron chi connectivity index (χ2n) is 14.3. The molecule has 2 aliphatic heterocycles. The maximum Gasteiger partial charge on any atom is 0.312 e. The van der Waals surface area contributed by atoms with Crippen LogP contribution in [0.5, 0.6) is 17.2 Å². The van der Waals surface area contributed by atoms with Gasteiger partial charge in [0.1, 0.15) is 41.9 Å². The number of benzene rings is 2. The molecule has 3 heterocycles. The van der Waals surface area contributed by atoms with Gasteiger partial charge in [0.25, 0.3) is 6.43 Å². The Kier molecular flexibility index (Phi) is 11.5. The number of esters is 1. The van der Waals surface area contributed by atoms with E-state index >= 15 is 0 Å². The monoisotopic (exact) mass is 757 g/mol. The number of hydrogen-bond donors (Lipinski definition) is 0. The molecule has 0 unspecified atom stereocenters. The number of hydrogen-bond acceptors (Lipinski definition) is 9. The zero-order valence-electron chi connectivity index (χ0n) is 30.7. The summed E-state index contributed by atoms with van der Waals surface area (Å²) in [7, 11) is 4.47. The molecule has 286 valence electrons. The lowest BCUT2D eigenvalue weighted by atomic mass is 9.66. The summed E-state index contributed by atoms with van der Waals surface area (Å²) in [5, 5.41) is 8.12. The van der Waals surface area contributed by atoms with Crippen LogP contribution in [0.3, 0.4) is 0 Å². The van der Waals surface area contributed by atoms with Gasteiger partial charge in [-0.05, 0) is 62.4 Å². The van der Waals surface area contributed by atoms with Gasteiger partial charge in [-0.3, -0.25) is 14.4 Å². The topological polar surface area (TPSA) is 125 Å². The molecule has 0 radical (unpaired) electrons. The quantitative estimate of drug-likeness (QED) is 0.198. The number of carbonyl (C=O) groups is 3. The zero-order chi connectivity index (χ0) is 38.0. The Hall–Kier alpha value is -4.46. The minimum atomic E-state index is -2.81. The van der Waals surface area contributed by atoms with Crippen molar-refractivity contribution >= 4 is 29.4 Å². The molecule has 4 atom stereocenters. The fourth-order valence-electron chi connectivity index (χ4n) is 8.02. The first-order valence-electron chi connectivity index (χ1n) is 18.0. The van der Waals surface area contributed by atoms with Gasteiger partial charge in [0.05, 0.1) is 31.6 Å².